The van der Waals surface area contributed by atoms with E-state index in [4.69, 9.17) is 0 Å². The van der Waals surface area contributed by atoms with E-state index in [2.05, 4.69) is 27.3 Å². The van der Waals surface area contributed by atoms with Crippen molar-refractivity contribution in [3.63, 3.8) is 0 Å². The molecule has 1 rings (SSSR count). The SMILES string of the molecule is Cc1cc(CCC(=O)NC[C@@H](C)C[C@H](C)O)ccc1Br. The summed E-state index contributed by atoms with van der Waals surface area (Å²) in [6, 6.07) is 6.17. The van der Waals surface area contributed by atoms with Gasteiger partial charge in [-0.3, -0.25) is 4.79 Å². The molecule has 0 radical (unpaired) electrons. The number of hydrogen-bond donors (Lipinski definition) is 2. The summed E-state index contributed by atoms with van der Waals surface area (Å²) in [7, 11) is 0. The smallest absolute Gasteiger partial charge is 0.220 e. The number of halogens is 1. The number of carbonyl (C=O) groups excluding carboxylic acids is 1. The van der Waals surface area contributed by atoms with Gasteiger partial charge in [0.15, 0.2) is 0 Å². The van der Waals surface area contributed by atoms with Crippen LogP contribution in [-0.2, 0) is 11.2 Å². The molecule has 1 aromatic rings. The van der Waals surface area contributed by atoms with Gasteiger partial charge in [-0.05, 0) is 49.8 Å². The van der Waals surface area contributed by atoms with Crippen LogP contribution in [0.4, 0.5) is 0 Å². The quantitative estimate of drug-likeness (QED) is 0.799. The Labute approximate surface area is 129 Å². The molecule has 3 nitrogen and oxygen atoms in total. The molecule has 2 atom stereocenters. The zero-order valence-corrected chi connectivity index (χ0v) is 14.0. The van der Waals surface area contributed by atoms with Gasteiger partial charge in [-0.2, -0.15) is 0 Å². The van der Waals surface area contributed by atoms with Gasteiger partial charge in [0.05, 0.1) is 6.10 Å². The van der Waals surface area contributed by atoms with Crippen molar-refractivity contribution < 1.29 is 9.90 Å². The number of aliphatic hydroxyl groups excluding tert-OH is 1. The lowest BCUT2D eigenvalue weighted by atomic mass is 10.0. The number of rotatable bonds is 7. The number of hydrogen-bond acceptors (Lipinski definition) is 2. The maximum absolute atomic E-state index is 11.8. The van der Waals surface area contributed by atoms with Crippen LogP contribution in [-0.4, -0.2) is 23.7 Å². The molecule has 0 aliphatic carbocycles. The molecule has 1 amide bonds. The topological polar surface area (TPSA) is 49.3 Å². The Hall–Kier alpha value is -0.870. The van der Waals surface area contributed by atoms with E-state index in [9.17, 15) is 9.90 Å². The van der Waals surface area contributed by atoms with Crippen LogP contribution in [0.2, 0.25) is 0 Å². The molecule has 1 aromatic carbocycles. The predicted octanol–water partition coefficient (Wildman–Crippen LogP) is 3.21. The van der Waals surface area contributed by atoms with Crippen LogP contribution in [0.3, 0.4) is 0 Å². The molecule has 2 N–H and O–H groups in total. The highest BCUT2D eigenvalue weighted by Gasteiger charge is 2.08. The molecule has 0 saturated carbocycles. The molecule has 0 saturated heterocycles. The third-order valence-electron chi connectivity index (χ3n) is 3.25. The number of aliphatic hydroxyl groups is 1. The largest absolute Gasteiger partial charge is 0.393 e. The highest BCUT2D eigenvalue weighted by molar-refractivity contribution is 9.10. The Morgan fingerprint density at radius 2 is 2.10 bits per heavy atom. The fraction of sp³-hybridized carbons (Fsp3) is 0.562. The highest BCUT2D eigenvalue weighted by Crippen LogP contribution is 2.17. The van der Waals surface area contributed by atoms with Crippen LogP contribution in [0.1, 0.15) is 37.8 Å². The molecule has 0 aromatic heterocycles. The van der Waals surface area contributed by atoms with Crippen molar-refractivity contribution >= 4 is 21.8 Å². The van der Waals surface area contributed by atoms with E-state index >= 15 is 0 Å². The van der Waals surface area contributed by atoms with E-state index in [0.29, 0.717) is 25.3 Å². The minimum absolute atomic E-state index is 0.0722. The van der Waals surface area contributed by atoms with Crippen LogP contribution in [0.5, 0.6) is 0 Å². The Kier molecular flexibility index (Phi) is 7.24. The van der Waals surface area contributed by atoms with Crippen LogP contribution in [0.15, 0.2) is 22.7 Å². The van der Waals surface area contributed by atoms with Crippen molar-refractivity contribution in [3.05, 3.63) is 33.8 Å². The van der Waals surface area contributed by atoms with Crippen LogP contribution < -0.4 is 5.32 Å². The lowest BCUT2D eigenvalue weighted by molar-refractivity contribution is -0.121. The summed E-state index contributed by atoms with van der Waals surface area (Å²) in [5, 5.41) is 12.2. The van der Waals surface area contributed by atoms with Crippen LogP contribution in [0, 0.1) is 12.8 Å². The number of nitrogens with one attached hydrogen (secondary N) is 1. The van der Waals surface area contributed by atoms with E-state index < -0.39 is 0 Å². The minimum atomic E-state index is -0.312. The second-order valence-corrected chi connectivity index (χ2v) is 6.43. The van der Waals surface area contributed by atoms with Gasteiger partial charge in [-0.1, -0.05) is 35.0 Å². The van der Waals surface area contributed by atoms with Crippen molar-refractivity contribution in [3.8, 4) is 0 Å². The van der Waals surface area contributed by atoms with Gasteiger partial charge in [-0.25, -0.2) is 0 Å². The normalized spacial score (nSPS) is 13.8. The molecule has 0 aliphatic heterocycles. The third kappa shape index (κ3) is 6.53. The summed E-state index contributed by atoms with van der Waals surface area (Å²) in [5.41, 5.74) is 2.37. The van der Waals surface area contributed by atoms with E-state index in [0.717, 1.165) is 10.9 Å². The van der Waals surface area contributed by atoms with E-state index in [1.54, 1.807) is 6.92 Å². The van der Waals surface area contributed by atoms with E-state index in [1.807, 2.05) is 26.0 Å². The van der Waals surface area contributed by atoms with Gasteiger partial charge in [0.2, 0.25) is 5.91 Å². The lowest BCUT2D eigenvalue weighted by Crippen LogP contribution is -2.29. The van der Waals surface area contributed by atoms with E-state index in [1.165, 1.54) is 11.1 Å². The molecule has 0 aliphatic rings. The summed E-state index contributed by atoms with van der Waals surface area (Å²) in [6.45, 7) is 6.48. The third-order valence-corrected chi connectivity index (χ3v) is 4.14. The van der Waals surface area contributed by atoms with Crippen molar-refractivity contribution in [1.82, 2.24) is 5.32 Å². The first-order chi connectivity index (χ1) is 9.38. The minimum Gasteiger partial charge on any atom is -0.393 e. The van der Waals surface area contributed by atoms with Gasteiger partial charge < -0.3 is 10.4 Å². The molecule has 112 valence electrons. The second-order valence-electron chi connectivity index (χ2n) is 5.58. The van der Waals surface area contributed by atoms with Crippen LogP contribution >= 0.6 is 15.9 Å². The average Bonchev–Trinajstić information content (AvgIpc) is 2.37. The Bertz CT molecular complexity index is 446. The van der Waals surface area contributed by atoms with Gasteiger partial charge in [0.1, 0.15) is 0 Å². The number of carbonyl (C=O) groups is 1. The maximum atomic E-state index is 11.8. The van der Waals surface area contributed by atoms with Crippen molar-refractivity contribution in [2.45, 2.75) is 46.1 Å². The Morgan fingerprint density at radius 1 is 1.40 bits per heavy atom. The van der Waals surface area contributed by atoms with Gasteiger partial charge in [0.25, 0.3) is 0 Å². The predicted molar refractivity (Wildman–Crippen MR) is 85.7 cm³/mol. The number of amides is 1. The second kappa shape index (κ2) is 8.42. The fourth-order valence-electron chi connectivity index (χ4n) is 2.16. The van der Waals surface area contributed by atoms with Gasteiger partial charge in [-0.15, -0.1) is 0 Å². The molecule has 20 heavy (non-hydrogen) atoms. The summed E-state index contributed by atoms with van der Waals surface area (Å²) in [4.78, 5) is 11.8. The summed E-state index contributed by atoms with van der Waals surface area (Å²) in [5.74, 6) is 0.372. The molecule has 0 unspecified atom stereocenters. The Balaban J connectivity index is 2.31. The van der Waals surface area contributed by atoms with Gasteiger partial charge >= 0.3 is 0 Å². The zero-order valence-electron chi connectivity index (χ0n) is 12.4. The van der Waals surface area contributed by atoms with Crippen molar-refractivity contribution in [2.24, 2.45) is 5.92 Å². The lowest BCUT2D eigenvalue weighted by Gasteiger charge is -2.14. The Morgan fingerprint density at radius 3 is 2.70 bits per heavy atom. The van der Waals surface area contributed by atoms with Crippen LogP contribution in [0.25, 0.3) is 0 Å². The first-order valence-electron chi connectivity index (χ1n) is 7.08. The molecule has 0 heterocycles. The molecular formula is C16H24BrNO2. The highest BCUT2D eigenvalue weighted by atomic mass is 79.9. The molecule has 0 spiro atoms. The summed E-state index contributed by atoms with van der Waals surface area (Å²) >= 11 is 3.47. The average molecular weight is 342 g/mol. The fourth-order valence-corrected chi connectivity index (χ4v) is 2.41. The van der Waals surface area contributed by atoms with E-state index in [-0.39, 0.29) is 12.0 Å². The first-order valence-corrected chi connectivity index (χ1v) is 7.87. The van der Waals surface area contributed by atoms with Crippen molar-refractivity contribution in [2.75, 3.05) is 6.54 Å². The first kappa shape index (κ1) is 17.2. The molecule has 0 fully saturated rings. The summed E-state index contributed by atoms with van der Waals surface area (Å²) in [6.07, 6.45) is 1.66. The molecular weight excluding hydrogens is 318 g/mol. The molecule has 0 bridgehead atoms. The molecule has 4 heteroatoms. The van der Waals surface area contributed by atoms with Crippen molar-refractivity contribution in [1.29, 1.82) is 0 Å². The number of benzene rings is 1. The standard InChI is InChI=1S/C16H24BrNO2/c1-11(8-13(3)19)10-18-16(20)7-5-14-4-6-15(17)12(2)9-14/h4,6,9,11,13,19H,5,7-8,10H2,1-3H3,(H,18,20)/t11-,13-/m0/s1. The maximum Gasteiger partial charge on any atom is 0.220 e. The summed E-state index contributed by atoms with van der Waals surface area (Å²) < 4.78 is 1.10. The number of aryl methyl sites for hydroxylation is 2. The van der Waals surface area contributed by atoms with Gasteiger partial charge in [0, 0.05) is 17.4 Å². The zero-order chi connectivity index (χ0) is 15.1. The monoisotopic (exact) mass is 341 g/mol.